The Morgan fingerprint density at radius 1 is 0.962 bits per heavy atom. The second-order valence-electron chi connectivity index (χ2n) is 5.94. The minimum Gasteiger partial charge on any atom is -0.494 e. The lowest BCUT2D eigenvalue weighted by atomic mass is 10.1. The number of benzene rings is 2. The highest BCUT2D eigenvalue weighted by molar-refractivity contribution is 5.65. The third-order valence-corrected chi connectivity index (χ3v) is 4.07. The first-order chi connectivity index (χ1) is 12.7. The molecule has 0 aliphatic heterocycles. The molecule has 3 aromatic rings. The summed E-state index contributed by atoms with van der Waals surface area (Å²) < 4.78 is 5.47. The number of aryl methyl sites for hydroxylation is 2. The summed E-state index contributed by atoms with van der Waals surface area (Å²) >= 11 is 0. The maximum atomic E-state index is 5.47. The van der Waals surface area contributed by atoms with E-state index in [1.807, 2.05) is 37.3 Å². The van der Waals surface area contributed by atoms with E-state index in [0.29, 0.717) is 12.6 Å². The highest BCUT2D eigenvalue weighted by Crippen LogP contribution is 2.25. The lowest BCUT2D eigenvalue weighted by molar-refractivity contribution is 0.340. The smallest absolute Gasteiger partial charge is 0.229 e. The van der Waals surface area contributed by atoms with Crippen LogP contribution in [0.25, 0.3) is 0 Å². The Kier molecular flexibility index (Phi) is 5.69. The van der Waals surface area contributed by atoms with Crippen molar-refractivity contribution in [2.75, 3.05) is 17.2 Å². The lowest BCUT2D eigenvalue weighted by Crippen LogP contribution is -2.03. The standard InChI is InChI=1S/C21H24N4O/c1-4-16-8-6-7-15(3)20(16)25-21-22-14-13-19(24-21)23-17-9-11-18(12-10-17)26-5-2/h6-14H,4-5H2,1-3H3,(H2,22,23,24,25). The van der Waals surface area contributed by atoms with Crippen molar-refractivity contribution in [2.45, 2.75) is 27.2 Å². The van der Waals surface area contributed by atoms with E-state index in [4.69, 9.17) is 4.74 Å². The van der Waals surface area contributed by atoms with Gasteiger partial charge in [0.2, 0.25) is 5.95 Å². The molecule has 0 radical (unpaired) electrons. The van der Waals surface area contributed by atoms with E-state index < -0.39 is 0 Å². The first kappa shape index (κ1) is 17.7. The van der Waals surface area contributed by atoms with Gasteiger partial charge in [-0.15, -0.1) is 0 Å². The molecule has 3 rings (SSSR count). The topological polar surface area (TPSA) is 59.1 Å². The molecule has 0 aliphatic carbocycles. The van der Waals surface area contributed by atoms with Crippen LogP contribution in [0.15, 0.2) is 54.7 Å². The fraction of sp³-hybridized carbons (Fsp3) is 0.238. The van der Waals surface area contributed by atoms with Crippen LogP contribution in [0.3, 0.4) is 0 Å². The molecule has 5 nitrogen and oxygen atoms in total. The van der Waals surface area contributed by atoms with E-state index in [1.165, 1.54) is 11.1 Å². The molecule has 0 atom stereocenters. The number of anilines is 4. The van der Waals surface area contributed by atoms with Gasteiger partial charge in [0, 0.05) is 17.6 Å². The van der Waals surface area contributed by atoms with Crippen LogP contribution in [0, 0.1) is 6.92 Å². The van der Waals surface area contributed by atoms with Gasteiger partial charge in [0.25, 0.3) is 0 Å². The van der Waals surface area contributed by atoms with Crippen LogP contribution in [0.2, 0.25) is 0 Å². The Morgan fingerprint density at radius 2 is 1.77 bits per heavy atom. The van der Waals surface area contributed by atoms with Gasteiger partial charge >= 0.3 is 0 Å². The summed E-state index contributed by atoms with van der Waals surface area (Å²) in [5.41, 5.74) is 4.45. The van der Waals surface area contributed by atoms with Crippen molar-refractivity contribution in [3.63, 3.8) is 0 Å². The Balaban J connectivity index is 1.76. The van der Waals surface area contributed by atoms with E-state index >= 15 is 0 Å². The van der Waals surface area contributed by atoms with Gasteiger partial charge in [0.15, 0.2) is 0 Å². The first-order valence-electron chi connectivity index (χ1n) is 8.88. The number of hydrogen-bond donors (Lipinski definition) is 2. The maximum Gasteiger partial charge on any atom is 0.229 e. The van der Waals surface area contributed by atoms with Crippen molar-refractivity contribution in [3.8, 4) is 5.75 Å². The largest absolute Gasteiger partial charge is 0.494 e. The number of ether oxygens (including phenoxy) is 1. The van der Waals surface area contributed by atoms with Gasteiger partial charge in [-0.25, -0.2) is 4.98 Å². The molecule has 0 aliphatic rings. The van der Waals surface area contributed by atoms with Crippen molar-refractivity contribution in [1.29, 1.82) is 0 Å². The summed E-state index contributed by atoms with van der Waals surface area (Å²) in [4.78, 5) is 8.92. The third kappa shape index (κ3) is 4.30. The molecule has 1 aromatic heterocycles. The average molecular weight is 348 g/mol. The molecule has 134 valence electrons. The molecule has 0 spiro atoms. The third-order valence-electron chi connectivity index (χ3n) is 4.07. The molecule has 0 unspecified atom stereocenters. The Labute approximate surface area is 154 Å². The molecule has 0 saturated carbocycles. The van der Waals surface area contributed by atoms with Gasteiger partial charge < -0.3 is 15.4 Å². The van der Waals surface area contributed by atoms with Crippen molar-refractivity contribution >= 4 is 23.1 Å². The van der Waals surface area contributed by atoms with Crippen molar-refractivity contribution in [3.05, 3.63) is 65.9 Å². The van der Waals surface area contributed by atoms with Crippen LogP contribution in [-0.2, 0) is 6.42 Å². The Morgan fingerprint density at radius 3 is 2.50 bits per heavy atom. The zero-order valence-corrected chi connectivity index (χ0v) is 15.4. The van der Waals surface area contributed by atoms with Crippen LogP contribution in [0.1, 0.15) is 25.0 Å². The van der Waals surface area contributed by atoms with Crippen molar-refractivity contribution < 1.29 is 4.74 Å². The van der Waals surface area contributed by atoms with Crippen LogP contribution >= 0.6 is 0 Å². The Hall–Kier alpha value is -3.08. The van der Waals surface area contributed by atoms with Gasteiger partial charge in [0.05, 0.1) is 6.61 Å². The molecular weight excluding hydrogens is 324 g/mol. The monoisotopic (exact) mass is 348 g/mol. The summed E-state index contributed by atoms with van der Waals surface area (Å²) in [6.45, 7) is 6.86. The van der Waals surface area contributed by atoms with Crippen molar-refractivity contribution in [1.82, 2.24) is 9.97 Å². The van der Waals surface area contributed by atoms with Gasteiger partial charge in [-0.2, -0.15) is 4.98 Å². The van der Waals surface area contributed by atoms with Crippen LogP contribution < -0.4 is 15.4 Å². The lowest BCUT2D eigenvalue weighted by Gasteiger charge is -2.13. The van der Waals surface area contributed by atoms with E-state index in [0.717, 1.165) is 29.4 Å². The van der Waals surface area contributed by atoms with E-state index in [-0.39, 0.29) is 0 Å². The van der Waals surface area contributed by atoms with Gasteiger partial charge in [-0.1, -0.05) is 25.1 Å². The molecule has 0 bridgehead atoms. The van der Waals surface area contributed by atoms with Crippen LogP contribution in [0.5, 0.6) is 5.75 Å². The van der Waals surface area contributed by atoms with Crippen molar-refractivity contribution in [2.24, 2.45) is 0 Å². The van der Waals surface area contributed by atoms with Crippen LogP contribution in [-0.4, -0.2) is 16.6 Å². The summed E-state index contributed by atoms with van der Waals surface area (Å²) in [6.07, 6.45) is 2.70. The molecule has 2 aromatic carbocycles. The number of para-hydroxylation sites is 1. The predicted molar refractivity (Wildman–Crippen MR) is 107 cm³/mol. The molecule has 0 fully saturated rings. The number of hydrogen-bond acceptors (Lipinski definition) is 5. The zero-order valence-electron chi connectivity index (χ0n) is 15.4. The zero-order chi connectivity index (χ0) is 18.4. The summed E-state index contributed by atoms with van der Waals surface area (Å²) in [7, 11) is 0. The maximum absolute atomic E-state index is 5.47. The molecule has 2 N–H and O–H groups in total. The predicted octanol–water partition coefficient (Wildman–Crippen LogP) is 5.23. The summed E-state index contributed by atoms with van der Waals surface area (Å²) in [5, 5.41) is 6.66. The average Bonchev–Trinajstić information content (AvgIpc) is 2.65. The van der Waals surface area contributed by atoms with Crippen LogP contribution in [0.4, 0.5) is 23.1 Å². The fourth-order valence-electron chi connectivity index (χ4n) is 2.75. The molecule has 1 heterocycles. The second kappa shape index (κ2) is 8.34. The summed E-state index contributed by atoms with van der Waals surface area (Å²) in [5.74, 6) is 2.16. The van der Waals surface area contributed by atoms with Gasteiger partial charge in [-0.3, -0.25) is 0 Å². The second-order valence-corrected chi connectivity index (χ2v) is 5.94. The molecule has 0 amide bonds. The summed E-state index contributed by atoms with van der Waals surface area (Å²) in [6, 6.07) is 15.9. The number of nitrogens with one attached hydrogen (secondary N) is 2. The highest BCUT2D eigenvalue weighted by Gasteiger charge is 2.07. The molecular formula is C21H24N4O. The number of nitrogens with zero attached hydrogens (tertiary/aromatic N) is 2. The fourth-order valence-corrected chi connectivity index (χ4v) is 2.75. The van der Waals surface area contributed by atoms with E-state index in [2.05, 4.69) is 52.6 Å². The van der Waals surface area contributed by atoms with E-state index in [1.54, 1.807) is 6.20 Å². The number of rotatable bonds is 7. The minimum absolute atomic E-state index is 0.574. The molecule has 26 heavy (non-hydrogen) atoms. The first-order valence-corrected chi connectivity index (χ1v) is 8.88. The van der Waals surface area contributed by atoms with Gasteiger partial charge in [0.1, 0.15) is 11.6 Å². The highest BCUT2D eigenvalue weighted by atomic mass is 16.5. The quantitative estimate of drug-likeness (QED) is 0.612. The van der Waals surface area contributed by atoms with E-state index in [9.17, 15) is 0 Å². The molecule has 5 heteroatoms. The number of aromatic nitrogens is 2. The Bertz CT molecular complexity index is 862. The molecule has 0 saturated heterocycles. The normalized spacial score (nSPS) is 10.4. The minimum atomic E-state index is 0.574. The SMILES string of the molecule is CCOc1ccc(Nc2ccnc(Nc3c(C)cccc3CC)n2)cc1. The van der Waals surface area contributed by atoms with Gasteiger partial charge in [-0.05, 0) is 61.7 Å².